The lowest BCUT2D eigenvalue weighted by Crippen LogP contribution is -2.51. The Kier molecular flexibility index (Phi) is 7.96. The monoisotopic (exact) mass is 494 g/mol. The first-order valence-corrected chi connectivity index (χ1v) is 11.6. The third-order valence-electron chi connectivity index (χ3n) is 4.35. The summed E-state index contributed by atoms with van der Waals surface area (Å²) < 4.78 is 32.2. The van der Waals surface area contributed by atoms with Gasteiger partial charge in [-0.05, 0) is 51.8 Å². The molecule has 0 bridgehead atoms. The van der Waals surface area contributed by atoms with E-state index in [0.717, 1.165) is 4.31 Å². The third kappa shape index (κ3) is 6.80. The second kappa shape index (κ2) is 9.72. The third-order valence-corrected chi connectivity index (χ3v) is 6.68. The summed E-state index contributed by atoms with van der Waals surface area (Å²) in [7, 11) is -4.12. The Balaban J connectivity index is 2.19. The van der Waals surface area contributed by atoms with E-state index in [1.165, 1.54) is 18.2 Å². The van der Waals surface area contributed by atoms with Gasteiger partial charge in [0.2, 0.25) is 15.9 Å². The molecule has 12 heteroatoms. The molecule has 1 fully saturated rings. The fourth-order valence-corrected chi connectivity index (χ4v) is 5.50. The van der Waals surface area contributed by atoms with Gasteiger partial charge in [-0.2, -0.15) is 4.31 Å². The number of sulfonamides is 1. The molecule has 0 aromatic heterocycles. The molecule has 2 rings (SSSR count). The lowest BCUT2D eigenvalue weighted by Gasteiger charge is -2.25. The maximum atomic E-state index is 13.0. The van der Waals surface area contributed by atoms with Crippen molar-refractivity contribution in [1.29, 1.82) is 0 Å². The number of carboxylic acid groups (broad SMARTS) is 1. The van der Waals surface area contributed by atoms with Crippen molar-refractivity contribution in [3.8, 4) is 0 Å². The fourth-order valence-electron chi connectivity index (χ4n) is 3.12. The number of ether oxygens (including phenoxy) is 1. The molecule has 0 radical (unpaired) electrons. The molecule has 0 unspecified atom stereocenters. The summed E-state index contributed by atoms with van der Waals surface area (Å²) in [4.78, 5) is 36.1. The van der Waals surface area contributed by atoms with E-state index in [9.17, 15) is 27.9 Å². The van der Waals surface area contributed by atoms with E-state index in [1.807, 2.05) is 0 Å². The maximum Gasteiger partial charge on any atom is 0.326 e. The minimum atomic E-state index is -4.12. The summed E-state index contributed by atoms with van der Waals surface area (Å²) in [6, 6.07) is 1.12. The topological polar surface area (TPSA) is 130 Å². The summed E-state index contributed by atoms with van der Waals surface area (Å²) in [6.45, 7) is 4.95. The van der Waals surface area contributed by atoms with Crippen LogP contribution in [0, 0.1) is 0 Å². The number of amides is 1. The van der Waals surface area contributed by atoms with Crippen molar-refractivity contribution in [3.05, 3.63) is 28.2 Å². The Morgan fingerprint density at radius 2 is 1.81 bits per heavy atom. The molecule has 31 heavy (non-hydrogen) atoms. The average Bonchev–Trinajstić information content (AvgIpc) is 3.09. The number of carbonyl (C=O) groups is 3. The summed E-state index contributed by atoms with van der Waals surface area (Å²) >= 11 is 11.8. The molecular weight excluding hydrogens is 471 g/mol. The number of hydrogen-bond acceptors (Lipinski definition) is 6. The predicted octanol–water partition coefficient (Wildman–Crippen LogP) is 2.45. The van der Waals surface area contributed by atoms with Crippen LogP contribution in [0.3, 0.4) is 0 Å². The van der Waals surface area contributed by atoms with Gasteiger partial charge in [-0.3, -0.25) is 9.59 Å². The predicted molar refractivity (Wildman–Crippen MR) is 113 cm³/mol. The highest BCUT2D eigenvalue weighted by Gasteiger charge is 2.41. The highest BCUT2D eigenvalue weighted by molar-refractivity contribution is 7.89. The minimum Gasteiger partial charge on any atom is -0.480 e. The Labute approximate surface area is 190 Å². The highest BCUT2D eigenvalue weighted by Crippen LogP contribution is 2.30. The average molecular weight is 495 g/mol. The number of benzene rings is 1. The van der Waals surface area contributed by atoms with Crippen molar-refractivity contribution >= 4 is 51.1 Å². The number of nitrogens with one attached hydrogen (secondary N) is 1. The Morgan fingerprint density at radius 1 is 1.23 bits per heavy atom. The van der Waals surface area contributed by atoms with Crippen LogP contribution >= 0.6 is 23.2 Å². The second-order valence-electron chi connectivity index (χ2n) is 8.07. The van der Waals surface area contributed by atoms with Crippen LogP contribution in [0.25, 0.3) is 0 Å². The van der Waals surface area contributed by atoms with Crippen LogP contribution < -0.4 is 5.32 Å². The molecule has 9 nitrogen and oxygen atoms in total. The lowest BCUT2D eigenvalue weighted by molar-refractivity contribution is -0.158. The summed E-state index contributed by atoms with van der Waals surface area (Å²) in [6.07, 6.45) is -0.00469. The van der Waals surface area contributed by atoms with Gasteiger partial charge in [-0.1, -0.05) is 23.2 Å². The van der Waals surface area contributed by atoms with E-state index in [1.54, 1.807) is 20.8 Å². The number of carboxylic acids is 1. The summed E-state index contributed by atoms with van der Waals surface area (Å²) in [5.41, 5.74) is -0.821. The standard InChI is InChI=1S/C19H24Cl2N2O7S/c1-19(2,3)30-16(24)10-14(18(26)27)22-17(25)15-5-4-6-23(15)31(28,29)13-8-11(20)7-12(21)9-13/h7-9,14-15H,4-6,10H2,1-3H3,(H,22,25)(H,26,27)/t14-,15+/m1/s1. The van der Waals surface area contributed by atoms with Gasteiger partial charge in [0.05, 0.1) is 11.3 Å². The Morgan fingerprint density at radius 3 is 2.32 bits per heavy atom. The van der Waals surface area contributed by atoms with E-state index in [2.05, 4.69) is 5.32 Å². The molecule has 0 spiro atoms. The van der Waals surface area contributed by atoms with Crippen molar-refractivity contribution < 1.29 is 32.6 Å². The molecule has 0 aliphatic carbocycles. The number of rotatable bonds is 7. The zero-order valence-electron chi connectivity index (χ0n) is 17.2. The fraction of sp³-hybridized carbons (Fsp3) is 0.526. The van der Waals surface area contributed by atoms with E-state index in [4.69, 9.17) is 27.9 Å². The first-order chi connectivity index (χ1) is 14.2. The number of halogens is 2. The summed E-state index contributed by atoms with van der Waals surface area (Å²) in [5, 5.41) is 11.9. The van der Waals surface area contributed by atoms with Gasteiger partial charge in [0.1, 0.15) is 17.7 Å². The molecule has 1 heterocycles. The van der Waals surface area contributed by atoms with Crippen molar-refractivity contribution in [2.45, 2.75) is 62.6 Å². The SMILES string of the molecule is CC(C)(C)OC(=O)C[C@@H](NC(=O)[C@@H]1CCCN1S(=O)(=O)c1cc(Cl)cc(Cl)c1)C(=O)O. The maximum absolute atomic E-state index is 13.0. The van der Waals surface area contributed by atoms with Gasteiger partial charge >= 0.3 is 11.9 Å². The van der Waals surface area contributed by atoms with E-state index >= 15 is 0 Å². The quantitative estimate of drug-likeness (QED) is 0.556. The molecule has 1 aromatic carbocycles. The molecule has 2 atom stereocenters. The van der Waals surface area contributed by atoms with Gasteiger partial charge in [-0.15, -0.1) is 0 Å². The number of aliphatic carboxylic acids is 1. The highest BCUT2D eigenvalue weighted by atomic mass is 35.5. The van der Waals surface area contributed by atoms with Crippen molar-refractivity contribution in [2.75, 3.05) is 6.54 Å². The number of hydrogen-bond donors (Lipinski definition) is 2. The number of carbonyl (C=O) groups excluding carboxylic acids is 2. The minimum absolute atomic E-state index is 0.0638. The van der Waals surface area contributed by atoms with E-state index in [-0.39, 0.29) is 27.9 Å². The molecule has 1 aliphatic heterocycles. The zero-order chi connectivity index (χ0) is 23.6. The van der Waals surface area contributed by atoms with Gasteiger partial charge in [0.25, 0.3) is 0 Å². The molecule has 0 saturated carbocycles. The van der Waals surface area contributed by atoms with E-state index in [0.29, 0.717) is 6.42 Å². The second-order valence-corrected chi connectivity index (χ2v) is 10.8. The van der Waals surface area contributed by atoms with Crippen molar-refractivity contribution in [1.82, 2.24) is 9.62 Å². The first-order valence-electron chi connectivity index (χ1n) is 9.43. The van der Waals surface area contributed by atoms with Gasteiger partial charge in [0, 0.05) is 16.6 Å². The van der Waals surface area contributed by atoms with Crippen molar-refractivity contribution in [2.24, 2.45) is 0 Å². The van der Waals surface area contributed by atoms with Crippen LogP contribution in [-0.2, 0) is 29.1 Å². The molecule has 1 aromatic rings. The van der Waals surface area contributed by atoms with Crippen LogP contribution in [-0.4, -0.2) is 59.9 Å². The molecule has 2 N–H and O–H groups in total. The number of esters is 1. The van der Waals surface area contributed by atoms with Crippen LogP contribution in [0.1, 0.15) is 40.0 Å². The van der Waals surface area contributed by atoms with Crippen LogP contribution in [0.5, 0.6) is 0 Å². The van der Waals surface area contributed by atoms with Gasteiger partial charge < -0.3 is 15.2 Å². The normalized spacial score (nSPS) is 18.4. The summed E-state index contributed by atoms with van der Waals surface area (Å²) in [5.74, 6) is -3.05. The molecule has 1 saturated heterocycles. The Bertz CT molecular complexity index is 956. The largest absolute Gasteiger partial charge is 0.480 e. The van der Waals surface area contributed by atoms with Crippen LogP contribution in [0.15, 0.2) is 23.1 Å². The smallest absolute Gasteiger partial charge is 0.326 e. The van der Waals surface area contributed by atoms with E-state index < -0.39 is 52.0 Å². The van der Waals surface area contributed by atoms with Crippen molar-refractivity contribution in [3.63, 3.8) is 0 Å². The molecule has 172 valence electrons. The van der Waals surface area contributed by atoms with Gasteiger partial charge in [-0.25, -0.2) is 13.2 Å². The number of nitrogens with zero attached hydrogens (tertiary/aromatic N) is 1. The molecular formula is C19H24Cl2N2O7S. The van der Waals surface area contributed by atoms with Crippen LogP contribution in [0.4, 0.5) is 0 Å². The molecule has 1 aliphatic rings. The first kappa shape index (κ1) is 25.4. The Hall–Kier alpha value is -1.88. The van der Waals surface area contributed by atoms with Gasteiger partial charge in [0.15, 0.2) is 0 Å². The van der Waals surface area contributed by atoms with Crippen LogP contribution in [0.2, 0.25) is 10.0 Å². The zero-order valence-corrected chi connectivity index (χ0v) is 19.6. The lowest BCUT2D eigenvalue weighted by atomic mass is 10.1. The molecule has 1 amide bonds.